The van der Waals surface area contributed by atoms with Gasteiger partial charge in [-0.1, -0.05) is 48.0 Å². The van der Waals surface area contributed by atoms with Crippen LogP contribution in [0.4, 0.5) is 0 Å². The lowest BCUT2D eigenvalue weighted by atomic mass is 10.1. The molecular weight excluding hydrogens is 372 g/mol. The van der Waals surface area contributed by atoms with Crippen LogP contribution in [-0.4, -0.2) is 36.1 Å². The van der Waals surface area contributed by atoms with Crippen molar-refractivity contribution in [3.8, 4) is 0 Å². The van der Waals surface area contributed by atoms with Gasteiger partial charge in [-0.15, -0.1) is 0 Å². The molecule has 1 aliphatic rings. The Hall–Kier alpha value is -1.88. The fourth-order valence-corrected chi connectivity index (χ4v) is 3.89. The summed E-state index contributed by atoms with van der Waals surface area (Å²) in [7, 11) is 0. The molecule has 1 N–H and O–H groups in total. The summed E-state index contributed by atoms with van der Waals surface area (Å²) in [6, 6.07) is 16.2. The van der Waals surface area contributed by atoms with Gasteiger partial charge >= 0.3 is 0 Å². The standard InChI is InChI=1S/C23H29ClN2O2/c1-17-14-26(15-18(2)28-17)16-21-8-6-20(7-9-21)13-25-23(27)11-10-19-4-3-5-22(24)12-19/h3-9,12,17-18H,10-11,13-16H2,1-2H3,(H,25,27). The molecule has 0 radical (unpaired) electrons. The highest BCUT2D eigenvalue weighted by atomic mass is 35.5. The molecule has 1 fully saturated rings. The van der Waals surface area contributed by atoms with Gasteiger partial charge in [0.15, 0.2) is 0 Å². The lowest BCUT2D eigenvalue weighted by Crippen LogP contribution is -2.44. The van der Waals surface area contributed by atoms with Crippen molar-refractivity contribution in [1.82, 2.24) is 10.2 Å². The maximum Gasteiger partial charge on any atom is 0.220 e. The third-order valence-corrected chi connectivity index (χ3v) is 5.18. The number of halogens is 1. The van der Waals surface area contributed by atoms with Crippen LogP contribution in [0, 0.1) is 0 Å². The predicted molar refractivity (Wildman–Crippen MR) is 113 cm³/mol. The number of morpholine rings is 1. The number of hydrogen-bond acceptors (Lipinski definition) is 3. The zero-order valence-electron chi connectivity index (χ0n) is 16.7. The lowest BCUT2D eigenvalue weighted by Gasteiger charge is -2.35. The minimum absolute atomic E-state index is 0.0559. The highest BCUT2D eigenvalue weighted by Crippen LogP contribution is 2.15. The van der Waals surface area contributed by atoms with Gasteiger partial charge in [-0.3, -0.25) is 9.69 Å². The first-order valence-electron chi connectivity index (χ1n) is 9.94. The molecule has 0 aliphatic carbocycles. The van der Waals surface area contributed by atoms with E-state index in [0.717, 1.165) is 30.8 Å². The number of nitrogens with one attached hydrogen (secondary N) is 1. The normalized spacial score (nSPS) is 20.1. The first-order chi connectivity index (χ1) is 13.5. The predicted octanol–water partition coefficient (Wildman–Crippen LogP) is 4.20. The van der Waals surface area contributed by atoms with Crippen LogP contribution in [0.2, 0.25) is 5.02 Å². The van der Waals surface area contributed by atoms with Crippen LogP contribution in [0.15, 0.2) is 48.5 Å². The van der Waals surface area contributed by atoms with E-state index in [1.807, 2.05) is 24.3 Å². The Morgan fingerprint density at radius 3 is 2.43 bits per heavy atom. The van der Waals surface area contributed by atoms with Crippen LogP contribution in [-0.2, 0) is 29.0 Å². The smallest absolute Gasteiger partial charge is 0.220 e. The first kappa shape index (κ1) is 20.8. The van der Waals surface area contributed by atoms with Gasteiger partial charge in [-0.2, -0.15) is 0 Å². The van der Waals surface area contributed by atoms with E-state index in [0.29, 0.717) is 24.4 Å². The minimum Gasteiger partial charge on any atom is -0.373 e. The summed E-state index contributed by atoms with van der Waals surface area (Å²) < 4.78 is 5.79. The van der Waals surface area contributed by atoms with E-state index in [-0.39, 0.29) is 18.1 Å². The minimum atomic E-state index is 0.0559. The van der Waals surface area contributed by atoms with Crippen LogP contribution < -0.4 is 5.32 Å². The van der Waals surface area contributed by atoms with Crippen LogP contribution in [0.1, 0.15) is 37.0 Å². The van der Waals surface area contributed by atoms with Crippen molar-refractivity contribution < 1.29 is 9.53 Å². The molecule has 2 atom stereocenters. The van der Waals surface area contributed by atoms with Crippen LogP contribution in [0.3, 0.4) is 0 Å². The molecule has 28 heavy (non-hydrogen) atoms. The van der Waals surface area contributed by atoms with Crippen LogP contribution >= 0.6 is 11.6 Å². The van der Waals surface area contributed by atoms with E-state index in [2.05, 4.69) is 48.3 Å². The Balaban J connectivity index is 1.42. The van der Waals surface area contributed by atoms with Crippen molar-refractivity contribution in [2.45, 2.75) is 52.0 Å². The van der Waals surface area contributed by atoms with Gasteiger partial charge in [0.1, 0.15) is 0 Å². The summed E-state index contributed by atoms with van der Waals surface area (Å²) in [6.45, 7) is 7.68. The molecule has 1 aliphatic heterocycles. The highest BCUT2D eigenvalue weighted by Gasteiger charge is 2.21. The van der Waals surface area contributed by atoms with E-state index in [1.165, 1.54) is 5.56 Å². The summed E-state index contributed by atoms with van der Waals surface area (Å²) in [5, 5.41) is 3.70. The number of amides is 1. The van der Waals surface area contributed by atoms with Gasteiger partial charge in [0.2, 0.25) is 5.91 Å². The SMILES string of the molecule is CC1CN(Cc2ccc(CNC(=O)CCc3cccc(Cl)c3)cc2)CC(C)O1. The van der Waals surface area contributed by atoms with E-state index in [4.69, 9.17) is 16.3 Å². The average molecular weight is 401 g/mol. The molecule has 3 rings (SSSR count). The Labute approximate surface area is 172 Å². The maximum absolute atomic E-state index is 12.1. The second-order valence-corrected chi connectivity index (χ2v) is 8.11. The zero-order chi connectivity index (χ0) is 19.9. The fourth-order valence-electron chi connectivity index (χ4n) is 3.67. The summed E-state index contributed by atoms with van der Waals surface area (Å²) >= 11 is 5.98. The summed E-state index contributed by atoms with van der Waals surface area (Å²) in [6.07, 6.45) is 1.73. The molecule has 1 amide bonds. The van der Waals surface area contributed by atoms with Gasteiger partial charge in [0.25, 0.3) is 0 Å². The third kappa shape index (κ3) is 6.62. The largest absolute Gasteiger partial charge is 0.373 e. The van der Waals surface area contributed by atoms with Gasteiger partial charge in [-0.05, 0) is 49.1 Å². The summed E-state index contributed by atoms with van der Waals surface area (Å²) in [4.78, 5) is 14.5. The van der Waals surface area contributed by atoms with Crippen molar-refractivity contribution in [3.05, 3.63) is 70.2 Å². The van der Waals surface area contributed by atoms with Crippen molar-refractivity contribution in [2.75, 3.05) is 13.1 Å². The quantitative estimate of drug-likeness (QED) is 0.757. The van der Waals surface area contributed by atoms with Crippen molar-refractivity contribution in [3.63, 3.8) is 0 Å². The molecule has 5 heteroatoms. The molecule has 0 spiro atoms. The number of rotatable bonds is 7. The molecule has 4 nitrogen and oxygen atoms in total. The number of carbonyl (C=O) groups is 1. The topological polar surface area (TPSA) is 41.6 Å². The molecule has 1 heterocycles. The summed E-state index contributed by atoms with van der Waals surface area (Å²) in [5.41, 5.74) is 3.49. The average Bonchev–Trinajstić information content (AvgIpc) is 2.65. The molecule has 0 aromatic heterocycles. The zero-order valence-corrected chi connectivity index (χ0v) is 17.4. The van der Waals surface area contributed by atoms with Crippen LogP contribution in [0.5, 0.6) is 0 Å². The fraction of sp³-hybridized carbons (Fsp3) is 0.435. The first-order valence-corrected chi connectivity index (χ1v) is 10.3. The van der Waals surface area contributed by atoms with Gasteiger partial charge < -0.3 is 10.1 Å². The second-order valence-electron chi connectivity index (χ2n) is 7.67. The maximum atomic E-state index is 12.1. The number of ether oxygens (including phenoxy) is 1. The molecule has 0 bridgehead atoms. The number of carbonyl (C=O) groups excluding carboxylic acids is 1. The van der Waals surface area contributed by atoms with Crippen molar-refractivity contribution in [1.29, 1.82) is 0 Å². The monoisotopic (exact) mass is 400 g/mol. The molecule has 2 aromatic rings. The lowest BCUT2D eigenvalue weighted by molar-refractivity contribution is -0.121. The van der Waals surface area contributed by atoms with Gasteiger partial charge in [0.05, 0.1) is 12.2 Å². The van der Waals surface area contributed by atoms with Crippen LogP contribution in [0.25, 0.3) is 0 Å². The molecule has 1 saturated heterocycles. The number of hydrogen-bond donors (Lipinski definition) is 1. The Morgan fingerprint density at radius 2 is 1.75 bits per heavy atom. The van der Waals surface area contributed by atoms with E-state index in [9.17, 15) is 4.79 Å². The molecule has 150 valence electrons. The van der Waals surface area contributed by atoms with Gasteiger partial charge in [0, 0.05) is 37.6 Å². The Bertz CT molecular complexity index is 768. The number of aryl methyl sites for hydroxylation is 1. The van der Waals surface area contributed by atoms with Gasteiger partial charge in [-0.25, -0.2) is 0 Å². The second kappa shape index (κ2) is 10.1. The Kier molecular flexibility index (Phi) is 7.49. The number of benzene rings is 2. The highest BCUT2D eigenvalue weighted by molar-refractivity contribution is 6.30. The summed E-state index contributed by atoms with van der Waals surface area (Å²) in [5.74, 6) is 0.0559. The molecule has 0 saturated carbocycles. The van der Waals surface area contributed by atoms with Crippen molar-refractivity contribution in [2.24, 2.45) is 0 Å². The Morgan fingerprint density at radius 1 is 1.07 bits per heavy atom. The third-order valence-electron chi connectivity index (χ3n) is 4.94. The molecule has 2 unspecified atom stereocenters. The van der Waals surface area contributed by atoms with E-state index < -0.39 is 0 Å². The molecular formula is C23H29ClN2O2. The van der Waals surface area contributed by atoms with E-state index in [1.54, 1.807) is 0 Å². The number of nitrogens with zero attached hydrogens (tertiary/aromatic N) is 1. The molecule has 2 aromatic carbocycles. The van der Waals surface area contributed by atoms with E-state index >= 15 is 0 Å². The van der Waals surface area contributed by atoms with Crippen molar-refractivity contribution >= 4 is 17.5 Å².